The van der Waals surface area contributed by atoms with E-state index >= 15 is 0 Å². The number of hydrogen-bond donors (Lipinski definition) is 0. The number of nitrogens with zero attached hydrogens (tertiary/aromatic N) is 4. The summed E-state index contributed by atoms with van der Waals surface area (Å²) < 4.78 is 32.6. The second-order valence-electron chi connectivity index (χ2n) is 6.68. The van der Waals surface area contributed by atoms with Crippen LogP contribution in [0.5, 0.6) is 0 Å². The monoisotopic (exact) mass is 432 g/mol. The highest BCUT2D eigenvalue weighted by molar-refractivity contribution is 8.00. The SMILES string of the molecule is CCN(CC)CCSN(Cc1ccc(-c2nnc(C(F)F)o2)cc1)c1ccccc1. The highest BCUT2D eigenvalue weighted by Crippen LogP contribution is 2.27. The van der Waals surface area contributed by atoms with Crippen LogP contribution in [0.25, 0.3) is 11.5 Å². The van der Waals surface area contributed by atoms with Crippen molar-refractivity contribution in [2.45, 2.75) is 26.8 Å². The van der Waals surface area contributed by atoms with Crippen molar-refractivity contribution in [3.63, 3.8) is 0 Å². The maximum absolute atomic E-state index is 12.7. The van der Waals surface area contributed by atoms with Gasteiger partial charge in [0, 0.05) is 23.5 Å². The topological polar surface area (TPSA) is 45.4 Å². The quantitative estimate of drug-likeness (QED) is 0.364. The fourth-order valence-corrected chi connectivity index (χ4v) is 4.06. The Hall–Kier alpha value is -2.45. The van der Waals surface area contributed by atoms with Crippen LogP contribution in [0.1, 0.15) is 31.7 Å². The molecule has 0 fully saturated rings. The molecule has 0 bridgehead atoms. The zero-order chi connectivity index (χ0) is 21.3. The van der Waals surface area contributed by atoms with E-state index in [-0.39, 0.29) is 5.89 Å². The predicted molar refractivity (Wildman–Crippen MR) is 118 cm³/mol. The first kappa shape index (κ1) is 22.2. The molecule has 3 aromatic rings. The van der Waals surface area contributed by atoms with Crippen LogP contribution in [0.4, 0.5) is 14.5 Å². The van der Waals surface area contributed by atoms with Gasteiger partial charge in [0.2, 0.25) is 5.89 Å². The second-order valence-corrected chi connectivity index (χ2v) is 7.78. The lowest BCUT2D eigenvalue weighted by atomic mass is 10.1. The first-order chi connectivity index (χ1) is 14.6. The fraction of sp³-hybridized carbons (Fsp3) is 0.364. The lowest BCUT2D eigenvalue weighted by Gasteiger charge is -2.25. The Labute approximate surface area is 180 Å². The molecule has 0 aliphatic heterocycles. The van der Waals surface area contributed by atoms with Crippen molar-refractivity contribution >= 4 is 17.6 Å². The van der Waals surface area contributed by atoms with Gasteiger partial charge in [0.15, 0.2) is 0 Å². The lowest BCUT2D eigenvalue weighted by molar-refractivity contribution is 0.116. The maximum Gasteiger partial charge on any atom is 0.314 e. The third-order valence-electron chi connectivity index (χ3n) is 4.75. The summed E-state index contributed by atoms with van der Waals surface area (Å²) in [4.78, 5) is 2.41. The molecule has 0 spiro atoms. The smallest absolute Gasteiger partial charge is 0.314 e. The molecule has 0 N–H and O–H groups in total. The van der Waals surface area contributed by atoms with Crippen molar-refractivity contribution in [1.82, 2.24) is 15.1 Å². The molecule has 8 heteroatoms. The average Bonchev–Trinajstić information content (AvgIpc) is 3.28. The van der Waals surface area contributed by atoms with Crippen molar-refractivity contribution in [3.8, 4) is 11.5 Å². The molecule has 0 amide bonds. The van der Waals surface area contributed by atoms with E-state index in [1.807, 2.05) is 42.5 Å². The number of alkyl halides is 2. The molecule has 3 rings (SSSR count). The molecule has 0 aliphatic carbocycles. The minimum Gasteiger partial charge on any atom is -0.415 e. The zero-order valence-electron chi connectivity index (χ0n) is 17.2. The van der Waals surface area contributed by atoms with Crippen LogP contribution in [-0.2, 0) is 6.54 Å². The Morgan fingerprint density at radius 2 is 1.67 bits per heavy atom. The third-order valence-corrected chi connectivity index (χ3v) is 5.76. The van der Waals surface area contributed by atoms with Crippen LogP contribution in [0.2, 0.25) is 0 Å². The van der Waals surface area contributed by atoms with Gasteiger partial charge >= 0.3 is 6.43 Å². The van der Waals surface area contributed by atoms with Gasteiger partial charge < -0.3 is 13.6 Å². The molecule has 0 unspecified atom stereocenters. The molecule has 30 heavy (non-hydrogen) atoms. The minimum atomic E-state index is -2.77. The molecule has 0 atom stereocenters. The van der Waals surface area contributed by atoms with E-state index in [4.69, 9.17) is 4.42 Å². The standard InChI is InChI=1S/C22H26F2N4OS/c1-3-27(4-2)14-15-30-28(19-8-6-5-7-9-19)16-17-10-12-18(13-11-17)21-25-26-22(29-21)20(23)24/h5-13,20H,3-4,14-16H2,1-2H3. The normalized spacial score (nSPS) is 11.4. The first-order valence-electron chi connectivity index (χ1n) is 9.99. The summed E-state index contributed by atoms with van der Waals surface area (Å²) in [5.74, 6) is 0.437. The molecule has 5 nitrogen and oxygen atoms in total. The number of benzene rings is 2. The van der Waals surface area contributed by atoms with Crippen LogP contribution < -0.4 is 4.31 Å². The number of hydrogen-bond acceptors (Lipinski definition) is 6. The molecule has 2 aromatic carbocycles. The van der Waals surface area contributed by atoms with Crippen molar-refractivity contribution in [1.29, 1.82) is 0 Å². The molecule has 0 saturated heterocycles. The first-order valence-corrected chi connectivity index (χ1v) is 10.9. The largest absolute Gasteiger partial charge is 0.415 e. The van der Waals surface area contributed by atoms with Gasteiger partial charge in [-0.05, 0) is 54.9 Å². The van der Waals surface area contributed by atoms with Gasteiger partial charge in [0.1, 0.15) is 0 Å². The Kier molecular flexibility index (Phi) is 8.21. The number of aromatic nitrogens is 2. The van der Waals surface area contributed by atoms with E-state index in [9.17, 15) is 8.78 Å². The van der Waals surface area contributed by atoms with Gasteiger partial charge in [0.05, 0.1) is 6.54 Å². The summed E-state index contributed by atoms with van der Waals surface area (Å²) in [5, 5.41) is 7.09. The Morgan fingerprint density at radius 1 is 0.967 bits per heavy atom. The summed E-state index contributed by atoms with van der Waals surface area (Å²) >= 11 is 1.80. The van der Waals surface area contributed by atoms with E-state index in [0.29, 0.717) is 5.56 Å². The molecule has 1 aromatic heterocycles. The molecular weight excluding hydrogens is 406 g/mol. The third kappa shape index (κ3) is 6.03. The molecule has 1 heterocycles. The highest BCUT2D eigenvalue weighted by atomic mass is 32.2. The van der Waals surface area contributed by atoms with Crippen molar-refractivity contribution in [3.05, 3.63) is 66.1 Å². The Bertz CT molecular complexity index is 886. The van der Waals surface area contributed by atoms with Crippen LogP contribution in [-0.4, -0.2) is 40.5 Å². The van der Waals surface area contributed by atoms with Gasteiger partial charge in [-0.2, -0.15) is 8.78 Å². The van der Waals surface area contributed by atoms with E-state index in [0.717, 1.165) is 43.2 Å². The summed E-state index contributed by atoms with van der Waals surface area (Å²) in [6.45, 7) is 8.21. The average molecular weight is 433 g/mol. The van der Waals surface area contributed by atoms with Crippen molar-refractivity contribution < 1.29 is 13.2 Å². The van der Waals surface area contributed by atoms with Crippen molar-refractivity contribution in [2.24, 2.45) is 0 Å². The number of halogens is 2. The van der Waals surface area contributed by atoms with Crippen molar-refractivity contribution in [2.75, 3.05) is 29.7 Å². The van der Waals surface area contributed by atoms with Gasteiger partial charge in [-0.3, -0.25) is 0 Å². The van der Waals surface area contributed by atoms with E-state index < -0.39 is 12.3 Å². The molecular formula is C22H26F2N4OS. The van der Waals surface area contributed by atoms with Gasteiger partial charge in [-0.1, -0.05) is 44.2 Å². The molecule has 160 valence electrons. The summed E-state index contributed by atoms with van der Waals surface area (Å²) in [6, 6.07) is 17.8. The van der Waals surface area contributed by atoms with E-state index in [2.05, 4.69) is 45.4 Å². The van der Waals surface area contributed by atoms with Gasteiger partial charge in [0.25, 0.3) is 5.89 Å². The number of rotatable bonds is 11. The van der Waals surface area contributed by atoms with Gasteiger partial charge in [-0.25, -0.2) is 0 Å². The lowest BCUT2D eigenvalue weighted by Crippen LogP contribution is -2.27. The summed E-state index contributed by atoms with van der Waals surface area (Å²) in [5.41, 5.74) is 2.87. The highest BCUT2D eigenvalue weighted by Gasteiger charge is 2.17. The van der Waals surface area contributed by atoms with Crippen LogP contribution in [0.15, 0.2) is 59.0 Å². The van der Waals surface area contributed by atoms with E-state index in [1.165, 1.54) is 0 Å². The van der Waals surface area contributed by atoms with Gasteiger partial charge in [-0.15, -0.1) is 10.2 Å². The zero-order valence-corrected chi connectivity index (χ0v) is 18.0. The van der Waals surface area contributed by atoms with Crippen LogP contribution >= 0.6 is 11.9 Å². The summed E-state index contributed by atoms with van der Waals surface area (Å²) in [6.07, 6.45) is -2.77. The van der Waals surface area contributed by atoms with Crippen LogP contribution in [0.3, 0.4) is 0 Å². The van der Waals surface area contributed by atoms with E-state index in [1.54, 1.807) is 11.9 Å². The Morgan fingerprint density at radius 3 is 2.27 bits per heavy atom. The fourth-order valence-electron chi connectivity index (χ4n) is 2.98. The predicted octanol–water partition coefficient (Wildman–Crippen LogP) is 5.67. The molecule has 0 aliphatic rings. The second kappa shape index (κ2) is 11.1. The maximum atomic E-state index is 12.7. The Balaban J connectivity index is 1.68. The number of para-hydroxylation sites is 1. The molecule has 0 saturated carbocycles. The summed E-state index contributed by atoms with van der Waals surface area (Å²) in [7, 11) is 0. The van der Waals surface area contributed by atoms with Crippen LogP contribution in [0, 0.1) is 0 Å². The molecule has 0 radical (unpaired) electrons. The number of anilines is 1. The minimum absolute atomic E-state index is 0.102.